The smallest absolute Gasteiger partial charge is 0.367 e. The first-order valence-electron chi connectivity index (χ1n) is 7.39. The third-order valence-corrected chi connectivity index (χ3v) is 6.13. The van der Waals surface area contributed by atoms with E-state index in [2.05, 4.69) is 4.98 Å². The van der Waals surface area contributed by atoms with Gasteiger partial charge in [-0.1, -0.05) is 12.1 Å². The van der Waals surface area contributed by atoms with E-state index >= 15 is 0 Å². The minimum absolute atomic E-state index is 0.105. The standard InChI is InChI=1S/C15H16F2NO4PS/c1-3-21-23(19,22-4-2)9-20-11-7-5-6-10-12(11)13-14(15(10,16)17)24-8-18-13/h5-8H,3-4,9H2,1-2H3. The second-order valence-electron chi connectivity index (χ2n) is 5.00. The lowest BCUT2D eigenvalue weighted by molar-refractivity contribution is 0.0517. The molecule has 2 aromatic rings. The lowest BCUT2D eigenvalue weighted by Gasteiger charge is -2.18. The maximum Gasteiger partial charge on any atom is 0.367 e. The van der Waals surface area contributed by atoms with Gasteiger partial charge in [0.05, 0.1) is 30.0 Å². The largest absolute Gasteiger partial charge is 0.480 e. The van der Waals surface area contributed by atoms with E-state index in [9.17, 15) is 13.3 Å². The maximum absolute atomic E-state index is 14.5. The summed E-state index contributed by atoms with van der Waals surface area (Å²) in [6, 6.07) is 4.37. The molecule has 0 saturated carbocycles. The summed E-state index contributed by atoms with van der Waals surface area (Å²) in [5.41, 5.74) is 1.66. The van der Waals surface area contributed by atoms with Crippen LogP contribution in [0, 0.1) is 0 Å². The summed E-state index contributed by atoms with van der Waals surface area (Å²) in [4.78, 5) is 3.93. The van der Waals surface area contributed by atoms with Crippen LogP contribution in [0.1, 0.15) is 24.3 Å². The molecule has 9 heteroatoms. The fourth-order valence-electron chi connectivity index (χ4n) is 2.58. The van der Waals surface area contributed by atoms with E-state index in [0.29, 0.717) is 0 Å². The molecule has 1 heterocycles. The van der Waals surface area contributed by atoms with Crippen LogP contribution < -0.4 is 4.74 Å². The zero-order valence-electron chi connectivity index (χ0n) is 13.1. The van der Waals surface area contributed by atoms with Crippen molar-refractivity contribution in [3.63, 3.8) is 0 Å². The highest BCUT2D eigenvalue weighted by Gasteiger charge is 2.48. The van der Waals surface area contributed by atoms with Crippen LogP contribution in [0.5, 0.6) is 5.75 Å². The molecule has 130 valence electrons. The molecule has 0 radical (unpaired) electrons. The Bertz CT molecular complexity index is 786. The van der Waals surface area contributed by atoms with Crippen LogP contribution in [-0.2, 0) is 19.5 Å². The van der Waals surface area contributed by atoms with E-state index in [1.165, 1.54) is 17.6 Å². The Morgan fingerprint density at radius 2 is 1.96 bits per heavy atom. The predicted octanol–water partition coefficient (Wildman–Crippen LogP) is 4.87. The number of hydrogen-bond acceptors (Lipinski definition) is 6. The van der Waals surface area contributed by atoms with Gasteiger partial charge in [-0.15, -0.1) is 11.3 Å². The second-order valence-corrected chi connectivity index (χ2v) is 7.85. The molecule has 0 amide bonds. The van der Waals surface area contributed by atoms with Gasteiger partial charge < -0.3 is 13.8 Å². The Kier molecular flexibility index (Phi) is 4.75. The Balaban J connectivity index is 1.93. The van der Waals surface area contributed by atoms with E-state index in [1.54, 1.807) is 19.9 Å². The highest BCUT2D eigenvalue weighted by atomic mass is 32.1. The molecular formula is C15H16F2NO4PS. The van der Waals surface area contributed by atoms with Gasteiger partial charge in [0, 0.05) is 5.56 Å². The van der Waals surface area contributed by atoms with Crippen LogP contribution in [0.2, 0.25) is 0 Å². The molecule has 1 aromatic carbocycles. The monoisotopic (exact) mass is 375 g/mol. The Labute approximate surface area is 142 Å². The number of nitrogens with zero attached hydrogens (tertiary/aromatic N) is 1. The first-order chi connectivity index (χ1) is 11.4. The van der Waals surface area contributed by atoms with E-state index in [1.807, 2.05) is 0 Å². The van der Waals surface area contributed by atoms with E-state index in [0.717, 1.165) is 11.3 Å². The predicted molar refractivity (Wildman–Crippen MR) is 86.9 cm³/mol. The molecule has 5 nitrogen and oxygen atoms in total. The highest BCUT2D eigenvalue weighted by molar-refractivity contribution is 7.53. The minimum Gasteiger partial charge on any atom is -0.480 e. The number of thiazole rings is 1. The quantitative estimate of drug-likeness (QED) is 0.647. The molecular weight excluding hydrogens is 359 g/mol. The molecule has 0 N–H and O–H groups in total. The molecule has 0 bridgehead atoms. The number of rotatable bonds is 7. The zero-order valence-corrected chi connectivity index (χ0v) is 14.8. The van der Waals surface area contributed by atoms with Gasteiger partial charge in [0.25, 0.3) is 0 Å². The van der Waals surface area contributed by atoms with Crippen LogP contribution in [0.25, 0.3) is 11.3 Å². The van der Waals surface area contributed by atoms with Crippen molar-refractivity contribution in [1.29, 1.82) is 0 Å². The zero-order chi connectivity index (χ0) is 17.4. The molecule has 0 spiro atoms. The summed E-state index contributed by atoms with van der Waals surface area (Å²) in [5, 5.41) is 0. The molecule has 24 heavy (non-hydrogen) atoms. The summed E-state index contributed by atoms with van der Waals surface area (Å²) < 4.78 is 57.3. The van der Waals surface area contributed by atoms with Crippen molar-refractivity contribution in [1.82, 2.24) is 4.98 Å². The molecule has 0 unspecified atom stereocenters. The molecule has 0 atom stereocenters. The molecule has 0 aliphatic heterocycles. The summed E-state index contributed by atoms with van der Waals surface area (Å²) >= 11 is 0.903. The molecule has 0 saturated heterocycles. The van der Waals surface area contributed by atoms with Gasteiger partial charge >= 0.3 is 13.5 Å². The molecule has 1 aliphatic rings. The summed E-state index contributed by atoms with van der Waals surface area (Å²) in [6.07, 6.45) is -0.351. The number of halogens is 2. The van der Waals surface area contributed by atoms with Gasteiger partial charge in [0.2, 0.25) is 0 Å². The molecule has 0 fully saturated rings. The third kappa shape index (κ3) is 2.88. The lowest BCUT2D eigenvalue weighted by Crippen LogP contribution is -2.10. The van der Waals surface area contributed by atoms with Crippen LogP contribution in [0.15, 0.2) is 23.7 Å². The fourth-order valence-corrected chi connectivity index (χ4v) is 4.68. The average molecular weight is 375 g/mol. The van der Waals surface area contributed by atoms with Gasteiger partial charge in [-0.3, -0.25) is 4.57 Å². The first kappa shape index (κ1) is 17.5. The summed E-state index contributed by atoms with van der Waals surface area (Å²) in [6.45, 7) is 3.77. The SMILES string of the molecule is CCOP(=O)(COc1cccc2c1-c1ncsc1C2(F)F)OCC. The fraction of sp³-hybridized carbons (Fsp3) is 0.400. The van der Waals surface area contributed by atoms with Gasteiger partial charge in [-0.25, -0.2) is 4.98 Å². The lowest BCUT2D eigenvalue weighted by atomic mass is 10.1. The van der Waals surface area contributed by atoms with Crippen molar-refractivity contribution in [2.45, 2.75) is 19.8 Å². The minimum atomic E-state index is -3.44. The number of fused-ring (bicyclic) bond motifs is 3. The maximum atomic E-state index is 14.5. The van der Waals surface area contributed by atoms with Gasteiger partial charge in [0.1, 0.15) is 10.6 Å². The van der Waals surface area contributed by atoms with Crippen LogP contribution in [0.3, 0.4) is 0 Å². The Hall–Kier alpha value is -1.34. The molecule has 1 aromatic heterocycles. The van der Waals surface area contributed by atoms with Crippen molar-refractivity contribution >= 4 is 18.9 Å². The van der Waals surface area contributed by atoms with Crippen molar-refractivity contribution in [2.24, 2.45) is 0 Å². The normalized spacial score (nSPS) is 15.2. The van der Waals surface area contributed by atoms with Gasteiger partial charge in [-0.05, 0) is 19.9 Å². The number of hydrogen-bond donors (Lipinski definition) is 0. The van der Waals surface area contributed by atoms with Crippen molar-refractivity contribution in [3.8, 4) is 17.0 Å². The number of aromatic nitrogens is 1. The summed E-state index contributed by atoms with van der Waals surface area (Å²) in [7, 11) is -3.44. The van der Waals surface area contributed by atoms with Gasteiger partial charge in [0.15, 0.2) is 6.35 Å². The van der Waals surface area contributed by atoms with E-state index < -0.39 is 13.5 Å². The van der Waals surface area contributed by atoms with Crippen LogP contribution in [0.4, 0.5) is 8.78 Å². The van der Waals surface area contributed by atoms with Crippen LogP contribution in [-0.4, -0.2) is 24.5 Å². The third-order valence-electron chi connectivity index (χ3n) is 3.48. The number of alkyl halides is 2. The van der Waals surface area contributed by atoms with Crippen molar-refractivity contribution < 1.29 is 27.1 Å². The van der Waals surface area contributed by atoms with Gasteiger partial charge in [-0.2, -0.15) is 8.78 Å². The highest BCUT2D eigenvalue weighted by Crippen LogP contribution is 2.56. The van der Waals surface area contributed by atoms with Crippen molar-refractivity contribution in [3.05, 3.63) is 34.2 Å². The first-order valence-corrected chi connectivity index (χ1v) is 10.00. The second kappa shape index (κ2) is 6.52. The number of ether oxygens (including phenoxy) is 1. The Morgan fingerprint density at radius 3 is 2.62 bits per heavy atom. The molecule has 1 aliphatic carbocycles. The van der Waals surface area contributed by atoms with Crippen molar-refractivity contribution in [2.75, 3.05) is 19.6 Å². The number of benzene rings is 1. The van der Waals surface area contributed by atoms with E-state index in [4.69, 9.17) is 13.8 Å². The average Bonchev–Trinajstić information content (AvgIpc) is 3.09. The Morgan fingerprint density at radius 1 is 1.25 bits per heavy atom. The van der Waals surface area contributed by atoms with E-state index in [-0.39, 0.29) is 47.0 Å². The van der Waals surface area contributed by atoms with Crippen LogP contribution >= 0.6 is 18.9 Å². The molecule has 3 rings (SSSR count). The topological polar surface area (TPSA) is 57.7 Å². The summed E-state index contributed by atoms with van der Waals surface area (Å²) in [5.74, 6) is -2.91.